The number of fused-ring (bicyclic) bond motifs is 1. The highest BCUT2D eigenvalue weighted by Gasteiger charge is 2.09. The Kier molecular flexibility index (Phi) is 7.79. The normalized spacial score (nSPS) is 11.4. The van der Waals surface area contributed by atoms with Crippen LogP contribution in [0.5, 0.6) is 5.75 Å². The molecule has 0 saturated heterocycles. The lowest BCUT2D eigenvalue weighted by Gasteiger charge is -2.14. The van der Waals surface area contributed by atoms with Crippen molar-refractivity contribution < 1.29 is 4.74 Å². The van der Waals surface area contributed by atoms with E-state index in [0.29, 0.717) is 35.0 Å². The van der Waals surface area contributed by atoms with Gasteiger partial charge in [0.25, 0.3) is 0 Å². The minimum absolute atomic E-state index is 0.368. The Morgan fingerprint density at radius 2 is 1.89 bits per heavy atom. The number of hydrogen-bond donors (Lipinski definition) is 4. The van der Waals surface area contributed by atoms with Crippen LogP contribution in [0.3, 0.4) is 0 Å². The summed E-state index contributed by atoms with van der Waals surface area (Å²) in [6, 6.07) is 15.2. The highest BCUT2D eigenvalue weighted by Crippen LogP contribution is 2.22. The van der Waals surface area contributed by atoms with E-state index < -0.39 is 0 Å². The maximum Gasteiger partial charge on any atom is 0.229 e. The summed E-state index contributed by atoms with van der Waals surface area (Å²) in [7, 11) is 1.62. The van der Waals surface area contributed by atoms with Crippen LogP contribution in [0.4, 0.5) is 11.6 Å². The largest absolute Gasteiger partial charge is 0.497 e. The first-order valence-corrected chi connectivity index (χ1v) is 11.8. The predicted octanol–water partition coefficient (Wildman–Crippen LogP) is 5.23. The van der Waals surface area contributed by atoms with Gasteiger partial charge in [-0.05, 0) is 74.4 Å². The second-order valence-electron chi connectivity index (χ2n) is 7.89. The first kappa shape index (κ1) is 24.4. The number of hydrogen-bond acceptors (Lipinski definition) is 5. The number of methoxy groups -OCH3 is 1. The van der Waals surface area contributed by atoms with Crippen molar-refractivity contribution in [3.05, 3.63) is 76.7 Å². The van der Waals surface area contributed by atoms with E-state index in [9.17, 15) is 0 Å². The van der Waals surface area contributed by atoms with Crippen LogP contribution in [0.1, 0.15) is 17.0 Å². The van der Waals surface area contributed by atoms with Gasteiger partial charge in [-0.15, -0.1) is 0 Å². The minimum Gasteiger partial charge on any atom is -0.497 e. The average Bonchev–Trinajstić information content (AvgIpc) is 3.20. The number of aromatic amines is 1. The molecule has 4 aromatic rings. The van der Waals surface area contributed by atoms with Crippen molar-refractivity contribution in [2.75, 3.05) is 24.3 Å². The van der Waals surface area contributed by atoms with Gasteiger partial charge >= 0.3 is 0 Å². The van der Waals surface area contributed by atoms with Crippen LogP contribution in [-0.4, -0.2) is 39.7 Å². The minimum atomic E-state index is 0.368. The number of aryl methyl sites for hydroxylation is 2. The van der Waals surface area contributed by atoms with Gasteiger partial charge in [-0.3, -0.25) is 10.3 Å². The number of nitrogens with zero attached hydrogens (tertiary/aromatic N) is 3. The highest BCUT2D eigenvalue weighted by molar-refractivity contribution is 7.80. The summed E-state index contributed by atoms with van der Waals surface area (Å²) in [5.41, 5.74) is 4.67. The van der Waals surface area contributed by atoms with Crippen molar-refractivity contribution in [2.24, 2.45) is 4.99 Å². The summed E-state index contributed by atoms with van der Waals surface area (Å²) in [5.74, 6) is 1.61. The third-order valence-electron chi connectivity index (χ3n) is 5.15. The predicted molar refractivity (Wildman–Crippen MR) is 147 cm³/mol. The molecule has 180 valence electrons. The molecule has 0 atom stereocenters. The first-order valence-electron chi connectivity index (χ1n) is 11.0. The van der Waals surface area contributed by atoms with E-state index in [2.05, 4.69) is 30.9 Å². The molecule has 0 aliphatic heterocycles. The van der Waals surface area contributed by atoms with Gasteiger partial charge in [0.1, 0.15) is 5.75 Å². The molecular formula is C25H26ClN7OS. The third kappa shape index (κ3) is 6.68. The third-order valence-corrected chi connectivity index (χ3v) is 5.59. The molecule has 0 unspecified atom stereocenters. The zero-order valence-corrected chi connectivity index (χ0v) is 21.2. The Bertz CT molecular complexity index is 1370. The van der Waals surface area contributed by atoms with E-state index in [1.807, 2.05) is 68.6 Å². The lowest BCUT2D eigenvalue weighted by molar-refractivity contribution is 0.415. The fraction of sp³-hybridized carbons (Fsp3) is 0.200. The van der Waals surface area contributed by atoms with Gasteiger partial charge in [0, 0.05) is 51.8 Å². The van der Waals surface area contributed by atoms with Crippen molar-refractivity contribution in [3.8, 4) is 5.75 Å². The number of aliphatic imine (C=N–C) groups is 1. The van der Waals surface area contributed by atoms with Gasteiger partial charge in [0.05, 0.1) is 7.11 Å². The van der Waals surface area contributed by atoms with Gasteiger partial charge in [-0.25, -0.2) is 9.97 Å². The van der Waals surface area contributed by atoms with E-state index in [4.69, 9.17) is 33.5 Å². The molecule has 2 aromatic carbocycles. The Hall–Kier alpha value is -3.69. The maximum absolute atomic E-state index is 6.19. The molecule has 0 spiro atoms. The number of rotatable bonds is 6. The van der Waals surface area contributed by atoms with Crippen molar-refractivity contribution in [1.29, 1.82) is 0 Å². The molecule has 4 N–H and O–H groups in total. The van der Waals surface area contributed by atoms with Crippen molar-refractivity contribution in [1.82, 2.24) is 20.3 Å². The van der Waals surface area contributed by atoms with Crippen LogP contribution in [0, 0.1) is 13.8 Å². The Balaban J connectivity index is 1.51. The quantitative estimate of drug-likeness (QED) is 0.161. The van der Waals surface area contributed by atoms with Crippen LogP contribution in [0.2, 0.25) is 5.02 Å². The number of aromatic nitrogens is 3. The van der Waals surface area contributed by atoms with Crippen LogP contribution < -0.4 is 20.7 Å². The number of benzene rings is 2. The van der Waals surface area contributed by atoms with Crippen LogP contribution >= 0.6 is 23.8 Å². The van der Waals surface area contributed by atoms with E-state index in [0.717, 1.165) is 39.3 Å². The number of nitrogens with one attached hydrogen (secondary N) is 4. The molecule has 8 nitrogen and oxygen atoms in total. The number of ether oxygens (including phenoxy) is 1. The molecule has 35 heavy (non-hydrogen) atoms. The number of guanidine groups is 1. The number of anilines is 2. The molecule has 0 aliphatic rings. The van der Waals surface area contributed by atoms with E-state index in [-0.39, 0.29) is 0 Å². The Morgan fingerprint density at radius 3 is 2.66 bits per heavy atom. The highest BCUT2D eigenvalue weighted by atomic mass is 35.5. The van der Waals surface area contributed by atoms with Crippen LogP contribution in [-0.2, 0) is 6.42 Å². The molecule has 0 radical (unpaired) electrons. The fourth-order valence-electron chi connectivity index (χ4n) is 3.61. The van der Waals surface area contributed by atoms with E-state index >= 15 is 0 Å². The molecule has 0 aliphatic carbocycles. The summed E-state index contributed by atoms with van der Waals surface area (Å²) < 4.78 is 5.28. The topological polar surface area (TPSA) is 99.2 Å². The van der Waals surface area contributed by atoms with E-state index in [1.54, 1.807) is 7.11 Å². The number of halogens is 1. The molecular weight excluding hydrogens is 482 g/mol. The lowest BCUT2D eigenvalue weighted by atomic mass is 10.1. The smallest absolute Gasteiger partial charge is 0.229 e. The SMILES string of the molecule is COc1cccc(NC(=S)NC(=NCCc2c[nH]c3ccc(Cl)cc23)Nc2nc(C)cc(C)n2)c1. The molecule has 0 fully saturated rings. The average molecular weight is 508 g/mol. The summed E-state index contributed by atoms with van der Waals surface area (Å²) in [6.07, 6.45) is 2.69. The summed E-state index contributed by atoms with van der Waals surface area (Å²) in [5, 5.41) is 11.6. The standard InChI is InChI=1S/C25H26ClN7OS/c1-15-11-16(2)30-24(29-15)32-23(33-25(35)31-19-5-4-6-20(13-19)34-3)27-10-9-17-14-28-22-8-7-18(26)12-21(17)22/h4-8,11-14,28H,9-10H2,1-3H3,(H3,27,29,30,31,32,33,35). The first-order chi connectivity index (χ1) is 16.9. The van der Waals surface area contributed by atoms with Gasteiger partial charge in [-0.1, -0.05) is 17.7 Å². The molecule has 10 heteroatoms. The molecule has 0 bridgehead atoms. The second kappa shape index (κ2) is 11.2. The number of H-pyrrole nitrogens is 1. The molecule has 0 saturated carbocycles. The van der Waals surface area contributed by atoms with Gasteiger partial charge in [-0.2, -0.15) is 0 Å². The summed E-state index contributed by atoms with van der Waals surface area (Å²) in [6.45, 7) is 4.34. The molecule has 2 aromatic heterocycles. The Labute approximate surface area is 214 Å². The zero-order chi connectivity index (χ0) is 24.8. The van der Waals surface area contributed by atoms with E-state index in [1.165, 1.54) is 0 Å². The summed E-state index contributed by atoms with van der Waals surface area (Å²) >= 11 is 11.7. The monoisotopic (exact) mass is 507 g/mol. The molecule has 4 rings (SSSR count). The fourth-order valence-corrected chi connectivity index (χ4v) is 4.00. The summed E-state index contributed by atoms with van der Waals surface area (Å²) in [4.78, 5) is 16.9. The second-order valence-corrected chi connectivity index (χ2v) is 8.74. The zero-order valence-electron chi connectivity index (χ0n) is 19.6. The van der Waals surface area contributed by atoms with Crippen molar-refractivity contribution in [2.45, 2.75) is 20.3 Å². The van der Waals surface area contributed by atoms with Gasteiger partial charge < -0.3 is 20.4 Å². The van der Waals surface area contributed by atoms with Gasteiger partial charge in [0.2, 0.25) is 11.9 Å². The maximum atomic E-state index is 6.19. The van der Waals surface area contributed by atoms with Crippen molar-refractivity contribution in [3.63, 3.8) is 0 Å². The van der Waals surface area contributed by atoms with Gasteiger partial charge in [0.15, 0.2) is 5.11 Å². The number of thiocarbonyl (C=S) groups is 1. The molecule has 2 heterocycles. The lowest BCUT2D eigenvalue weighted by Crippen LogP contribution is -2.39. The Morgan fingerprint density at radius 1 is 1.09 bits per heavy atom. The van der Waals surface area contributed by atoms with Crippen LogP contribution in [0.15, 0.2) is 59.7 Å². The molecule has 0 amide bonds. The van der Waals surface area contributed by atoms with Crippen molar-refractivity contribution >= 4 is 57.4 Å². The van der Waals surface area contributed by atoms with Crippen LogP contribution in [0.25, 0.3) is 10.9 Å².